The summed E-state index contributed by atoms with van der Waals surface area (Å²) in [6.45, 7) is 0.579. The smallest absolute Gasteiger partial charge is 0.255 e. The molecule has 1 fully saturated rings. The Labute approximate surface area is 143 Å². The molecule has 2 amide bonds. The van der Waals surface area contributed by atoms with Gasteiger partial charge in [0.1, 0.15) is 5.75 Å². The minimum absolute atomic E-state index is 0.00600. The molecule has 1 saturated heterocycles. The zero-order valence-corrected chi connectivity index (χ0v) is 13.5. The molecule has 1 N–H and O–H groups in total. The molecule has 0 aliphatic carbocycles. The minimum Gasteiger partial charge on any atom is -0.495 e. The molecule has 3 rings (SSSR count). The predicted octanol–water partition coefficient (Wildman–Crippen LogP) is 3.35. The Balaban J connectivity index is 1.86. The van der Waals surface area contributed by atoms with E-state index in [0.717, 1.165) is 18.6 Å². The number of hydrogen-bond donors (Lipinski definition) is 1. The molecule has 130 valence electrons. The number of anilines is 2. The Bertz CT molecular complexity index is 839. The van der Waals surface area contributed by atoms with Gasteiger partial charge in [0, 0.05) is 24.2 Å². The fourth-order valence-corrected chi connectivity index (χ4v) is 2.72. The molecule has 0 radical (unpaired) electrons. The van der Waals surface area contributed by atoms with Crippen molar-refractivity contribution >= 4 is 23.2 Å². The summed E-state index contributed by atoms with van der Waals surface area (Å²) >= 11 is 0. The summed E-state index contributed by atoms with van der Waals surface area (Å²) in [4.78, 5) is 25.8. The summed E-state index contributed by atoms with van der Waals surface area (Å²) in [7, 11) is 1.50. The number of rotatable bonds is 4. The van der Waals surface area contributed by atoms with E-state index in [0.29, 0.717) is 30.1 Å². The van der Waals surface area contributed by atoms with E-state index in [1.807, 2.05) is 0 Å². The number of halogens is 2. The third-order valence-electron chi connectivity index (χ3n) is 3.98. The quantitative estimate of drug-likeness (QED) is 0.924. The Morgan fingerprint density at radius 1 is 1.16 bits per heavy atom. The molecular weight excluding hydrogens is 330 g/mol. The number of ether oxygens (including phenoxy) is 1. The Morgan fingerprint density at radius 3 is 2.60 bits per heavy atom. The number of amides is 2. The van der Waals surface area contributed by atoms with Crippen molar-refractivity contribution in [1.82, 2.24) is 0 Å². The predicted molar refractivity (Wildman–Crippen MR) is 88.9 cm³/mol. The highest BCUT2D eigenvalue weighted by Crippen LogP contribution is 2.34. The molecule has 0 aromatic heterocycles. The first-order valence-electron chi connectivity index (χ1n) is 7.74. The first-order chi connectivity index (χ1) is 12.0. The molecule has 5 nitrogen and oxygen atoms in total. The summed E-state index contributed by atoms with van der Waals surface area (Å²) in [5, 5.41) is 2.61. The van der Waals surface area contributed by atoms with E-state index in [9.17, 15) is 18.4 Å². The standard InChI is InChI=1S/C18H16F2N2O3/c1-25-16-7-5-12(10-15(16)22-8-2-3-17(22)23)21-18(24)11-4-6-13(19)14(20)9-11/h4-7,9-10H,2-3,8H2,1H3,(H,21,24). The molecule has 0 saturated carbocycles. The molecule has 2 aromatic rings. The molecular formula is C18H16F2N2O3. The second-order valence-electron chi connectivity index (χ2n) is 5.62. The maximum Gasteiger partial charge on any atom is 0.255 e. The largest absolute Gasteiger partial charge is 0.495 e. The summed E-state index contributed by atoms with van der Waals surface area (Å²) in [6, 6.07) is 7.80. The van der Waals surface area contributed by atoms with Gasteiger partial charge in [-0.1, -0.05) is 0 Å². The van der Waals surface area contributed by atoms with E-state index >= 15 is 0 Å². The molecule has 1 aliphatic rings. The SMILES string of the molecule is COc1ccc(NC(=O)c2ccc(F)c(F)c2)cc1N1CCCC1=O. The fourth-order valence-electron chi connectivity index (χ4n) is 2.72. The van der Waals surface area contributed by atoms with Crippen LogP contribution >= 0.6 is 0 Å². The van der Waals surface area contributed by atoms with Crippen LogP contribution in [0, 0.1) is 11.6 Å². The first-order valence-corrected chi connectivity index (χ1v) is 7.74. The summed E-state index contributed by atoms with van der Waals surface area (Å²) in [5.74, 6) is -2.19. The van der Waals surface area contributed by atoms with Crippen molar-refractivity contribution in [2.75, 3.05) is 23.9 Å². The van der Waals surface area contributed by atoms with E-state index in [2.05, 4.69) is 5.32 Å². The summed E-state index contributed by atoms with van der Waals surface area (Å²) in [5.41, 5.74) is 0.979. The van der Waals surface area contributed by atoms with Gasteiger partial charge in [-0.15, -0.1) is 0 Å². The van der Waals surface area contributed by atoms with Gasteiger partial charge in [0.2, 0.25) is 5.91 Å². The maximum absolute atomic E-state index is 13.3. The lowest BCUT2D eigenvalue weighted by molar-refractivity contribution is -0.117. The Hall–Kier alpha value is -2.96. The molecule has 0 bridgehead atoms. The van der Waals surface area contributed by atoms with Gasteiger partial charge in [0.15, 0.2) is 11.6 Å². The second-order valence-corrected chi connectivity index (χ2v) is 5.62. The molecule has 2 aromatic carbocycles. The number of carbonyl (C=O) groups excluding carboxylic acids is 2. The van der Waals surface area contributed by atoms with Gasteiger partial charge in [-0.05, 0) is 42.8 Å². The number of carbonyl (C=O) groups is 2. The van der Waals surface area contributed by atoms with Crippen molar-refractivity contribution in [3.05, 3.63) is 53.6 Å². The van der Waals surface area contributed by atoms with Crippen molar-refractivity contribution < 1.29 is 23.1 Å². The maximum atomic E-state index is 13.3. The monoisotopic (exact) mass is 346 g/mol. The van der Waals surface area contributed by atoms with Crippen LogP contribution in [0.5, 0.6) is 5.75 Å². The zero-order valence-electron chi connectivity index (χ0n) is 13.5. The topological polar surface area (TPSA) is 58.6 Å². The number of nitrogens with zero attached hydrogens (tertiary/aromatic N) is 1. The van der Waals surface area contributed by atoms with Gasteiger partial charge >= 0.3 is 0 Å². The van der Waals surface area contributed by atoms with Crippen molar-refractivity contribution in [3.63, 3.8) is 0 Å². The number of hydrogen-bond acceptors (Lipinski definition) is 3. The van der Waals surface area contributed by atoms with Crippen LogP contribution < -0.4 is 15.0 Å². The third-order valence-corrected chi connectivity index (χ3v) is 3.98. The fraction of sp³-hybridized carbons (Fsp3) is 0.222. The average molecular weight is 346 g/mol. The van der Waals surface area contributed by atoms with Gasteiger partial charge in [-0.3, -0.25) is 9.59 Å². The molecule has 1 heterocycles. The highest BCUT2D eigenvalue weighted by Gasteiger charge is 2.25. The van der Waals surface area contributed by atoms with Crippen molar-refractivity contribution in [2.24, 2.45) is 0 Å². The van der Waals surface area contributed by atoms with Crippen LogP contribution in [-0.4, -0.2) is 25.5 Å². The van der Waals surface area contributed by atoms with Crippen LogP contribution in [-0.2, 0) is 4.79 Å². The summed E-state index contributed by atoms with van der Waals surface area (Å²) < 4.78 is 31.5. The minimum atomic E-state index is -1.09. The molecule has 0 atom stereocenters. The van der Waals surface area contributed by atoms with Crippen LogP contribution in [0.4, 0.5) is 20.2 Å². The van der Waals surface area contributed by atoms with E-state index in [1.165, 1.54) is 13.2 Å². The van der Waals surface area contributed by atoms with Crippen LogP contribution in [0.15, 0.2) is 36.4 Å². The highest BCUT2D eigenvalue weighted by molar-refractivity contribution is 6.05. The van der Waals surface area contributed by atoms with E-state index in [4.69, 9.17) is 4.74 Å². The van der Waals surface area contributed by atoms with Gasteiger partial charge in [0.05, 0.1) is 12.8 Å². The molecule has 1 aliphatic heterocycles. The zero-order chi connectivity index (χ0) is 18.0. The molecule has 0 spiro atoms. The molecule has 25 heavy (non-hydrogen) atoms. The van der Waals surface area contributed by atoms with Gasteiger partial charge in [0.25, 0.3) is 5.91 Å². The van der Waals surface area contributed by atoms with Crippen molar-refractivity contribution in [1.29, 1.82) is 0 Å². The van der Waals surface area contributed by atoms with Gasteiger partial charge in [-0.2, -0.15) is 0 Å². The normalized spacial score (nSPS) is 13.9. The van der Waals surface area contributed by atoms with E-state index < -0.39 is 17.5 Å². The lowest BCUT2D eigenvalue weighted by atomic mass is 10.2. The highest BCUT2D eigenvalue weighted by atomic mass is 19.2. The number of methoxy groups -OCH3 is 1. The first kappa shape index (κ1) is 16.9. The van der Waals surface area contributed by atoms with Gasteiger partial charge < -0.3 is 15.0 Å². The van der Waals surface area contributed by atoms with E-state index in [-0.39, 0.29) is 11.5 Å². The lowest BCUT2D eigenvalue weighted by Crippen LogP contribution is -2.24. The third kappa shape index (κ3) is 3.45. The lowest BCUT2D eigenvalue weighted by Gasteiger charge is -2.20. The van der Waals surface area contributed by atoms with Crippen molar-refractivity contribution in [3.8, 4) is 5.75 Å². The van der Waals surface area contributed by atoms with Crippen LogP contribution in [0.2, 0.25) is 0 Å². The van der Waals surface area contributed by atoms with Crippen LogP contribution in [0.1, 0.15) is 23.2 Å². The Kier molecular flexibility index (Phi) is 4.65. The van der Waals surface area contributed by atoms with Crippen molar-refractivity contribution in [2.45, 2.75) is 12.8 Å². The molecule has 7 heteroatoms. The Morgan fingerprint density at radius 2 is 1.96 bits per heavy atom. The van der Waals surface area contributed by atoms with E-state index in [1.54, 1.807) is 23.1 Å². The summed E-state index contributed by atoms with van der Waals surface area (Å²) in [6.07, 6.45) is 1.22. The van der Waals surface area contributed by atoms with Crippen LogP contribution in [0.25, 0.3) is 0 Å². The van der Waals surface area contributed by atoms with Crippen LogP contribution in [0.3, 0.4) is 0 Å². The number of nitrogens with one attached hydrogen (secondary N) is 1. The van der Waals surface area contributed by atoms with Gasteiger partial charge in [-0.25, -0.2) is 8.78 Å². The molecule has 0 unspecified atom stereocenters. The second kappa shape index (κ2) is 6.88. The average Bonchev–Trinajstić information content (AvgIpc) is 3.03. The number of benzene rings is 2.